The fourth-order valence-electron chi connectivity index (χ4n) is 3.20. The van der Waals surface area contributed by atoms with Gasteiger partial charge in [0, 0.05) is 19.2 Å². The molecule has 2 atom stereocenters. The van der Waals surface area contributed by atoms with Gasteiger partial charge in [0.15, 0.2) is 0 Å². The van der Waals surface area contributed by atoms with Crippen LogP contribution in [0.2, 0.25) is 0 Å². The first-order valence-electron chi connectivity index (χ1n) is 7.73. The number of nitrogens with zero attached hydrogens (tertiary/aromatic N) is 1. The summed E-state index contributed by atoms with van der Waals surface area (Å²) in [5.74, 6) is 0.752. The highest BCUT2D eigenvalue weighted by Gasteiger charge is 2.33. The molecule has 4 nitrogen and oxygen atoms in total. The average Bonchev–Trinajstić information content (AvgIpc) is 2.68. The van der Waals surface area contributed by atoms with Gasteiger partial charge in [-0.05, 0) is 37.0 Å². The van der Waals surface area contributed by atoms with E-state index in [0.717, 1.165) is 29.9 Å². The van der Waals surface area contributed by atoms with Gasteiger partial charge in [-0.15, -0.1) is 11.6 Å². The second-order valence-electron chi connectivity index (χ2n) is 5.73. The molecule has 0 aromatic heterocycles. The first-order chi connectivity index (χ1) is 10.6. The number of carbonyl (C=O) groups excluding carboxylic acids is 1. The number of benzene rings is 1. The Morgan fingerprint density at radius 1 is 1.41 bits per heavy atom. The molecule has 118 valence electrons. The summed E-state index contributed by atoms with van der Waals surface area (Å²) in [6.45, 7) is 2.22. The first kappa shape index (κ1) is 15.2. The standard InChI is InChI=1S/C17H21ClN2O2/c1-3-22-17(21)14-9-8-13(18)12-10-11-6-4-5-7-15(11)20(2)16(12)19-14/h4-7,13-14,19H,3,8-10H2,1-2H3. The maximum atomic E-state index is 12.1. The molecular weight excluding hydrogens is 300 g/mol. The van der Waals surface area contributed by atoms with Crippen LogP contribution >= 0.6 is 11.6 Å². The van der Waals surface area contributed by atoms with Gasteiger partial charge in [-0.3, -0.25) is 0 Å². The summed E-state index contributed by atoms with van der Waals surface area (Å²) in [4.78, 5) is 14.2. The van der Waals surface area contributed by atoms with E-state index in [0.29, 0.717) is 13.0 Å². The van der Waals surface area contributed by atoms with E-state index in [2.05, 4.69) is 22.3 Å². The minimum atomic E-state index is -0.332. The van der Waals surface area contributed by atoms with Crippen LogP contribution in [0.25, 0.3) is 0 Å². The molecule has 0 fully saturated rings. The highest BCUT2D eigenvalue weighted by Crippen LogP contribution is 2.36. The summed E-state index contributed by atoms with van der Waals surface area (Å²) >= 11 is 6.60. The molecule has 2 heterocycles. The Bertz CT molecular complexity index is 614. The van der Waals surface area contributed by atoms with Crippen LogP contribution in [0, 0.1) is 0 Å². The first-order valence-corrected chi connectivity index (χ1v) is 8.17. The zero-order valence-electron chi connectivity index (χ0n) is 12.9. The zero-order valence-corrected chi connectivity index (χ0v) is 13.7. The number of allylic oxidation sites excluding steroid dienone is 1. The number of para-hydroxylation sites is 1. The fraction of sp³-hybridized carbons (Fsp3) is 0.471. The number of rotatable bonds is 2. The number of carbonyl (C=O) groups is 1. The quantitative estimate of drug-likeness (QED) is 0.672. The summed E-state index contributed by atoms with van der Waals surface area (Å²) in [5.41, 5.74) is 3.59. The Morgan fingerprint density at radius 2 is 2.18 bits per heavy atom. The van der Waals surface area contributed by atoms with Gasteiger partial charge in [0.1, 0.15) is 11.9 Å². The van der Waals surface area contributed by atoms with Gasteiger partial charge < -0.3 is 15.0 Å². The summed E-state index contributed by atoms with van der Waals surface area (Å²) in [5, 5.41) is 3.31. The molecule has 2 aliphatic heterocycles. The topological polar surface area (TPSA) is 41.6 Å². The van der Waals surface area contributed by atoms with Crippen LogP contribution < -0.4 is 10.2 Å². The number of nitrogens with one attached hydrogen (secondary N) is 1. The van der Waals surface area contributed by atoms with Crippen LogP contribution in [0.1, 0.15) is 25.3 Å². The van der Waals surface area contributed by atoms with Crippen molar-refractivity contribution in [2.75, 3.05) is 18.6 Å². The number of fused-ring (bicyclic) bond motifs is 1. The van der Waals surface area contributed by atoms with Crippen LogP contribution in [0.4, 0.5) is 5.69 Å². The monoisotopic (exact) mass is 320 g/mol. The number of halogens is 1. The fourth-order valence-corrected chi connectivity index (χ4v) is 3.51. The van der Waals surface area contributed by atoms with Crippen molar-refractivity contribution in [3.05, 3.63) is 41.2 Å². The van der Waals surface area contributed by atoms with Crippen molar-refractivity contribution in [3.63, 3.8) is 0 Å². The van der Waals surface area contributed by atoms with Crippen molar-refractivity contribution in [1.29, 1.82) is 0 Å². The third-order valence-electron chi connectivity index (χ3n) is 4.34. The minimum absolute atomic E-state index is 0.0577. The molecule has 22 heavy (non-hydrogen) atoms. The molecule has 0 saturated heterocycles. The molecule has 2 aliphatic rings. The predicted octanol–water partition coefficient (Wildman–Crippen LogP) is 2.81. The zero-order chi connectivity index (χ0) is 15.7. The molecule has 0 saturated carbocycles. The lowest BCUT2D eigenvalue weighted by molar-refractivity contribution is -0.145. The van der Waals surface area contributed by atoms with E-state index in [1.807, 2.05) is 26.1 Å². The second kappa shape index (κ2) is 6.21. The van der Waals surface area contributed by atoms with Crippen LogP contribution in [0.3, 0.4) is 0 Å². The molecule has 0 amide bonds. The van der Waals surface area contributed by atoms with Gasteiger partial charge in [0.2, 0.25) is 0 Å². The minimum Gasteiger partial charge on any atom is -0.464 e. The van der Waals surface area contributed by atoms with Crippen molar-refractivity contribution >= 4 is 23.3 Å². The lowest BCUT2D eigenvalue weighted by atomic mass is 9.95. The van der Waals surface area contributed by atoms with Crippen LogP contribution in [0.15, 0.2) is 35.7 Å². The van der Waals surface area contributed by atoms with Crippen molar-refractivity contribution in [2.45, 2.75) is 37.6 Å². The molecule has 0 radical (unpaired) electrons. The Morgan fingerprint density at radius 3 is 2.95 bits per heavy atom. The van der Waals surface area contributed by atoms with Crippen molar-refractivity contribution in [1.82, 2.24) is 5.32 Å². The molecule has 1 aromatic carbocycles. The molecule has 0 spiro atoms. The molecule has 5 heteroatoms. The van der Waals surface area contributed by atoms with E-state index in [-0.39, 0.29) is 17.4 Å². The van der Waals surface area contributed by atoms with Gasteiger partial charge in [0.05, 0.1) is 12.0 Å². The highest BCUT2D eigenvalue weighted by atomic mass is 35.5. The van der Waals surface area contributed by atoms with Crippen LogP contribution in [0.5, 0.6) is 0 Å². The van der Waals surface area contributed by atoms with Gasteiger partial charge in [-0.25, -0.2) is 4.79 Å². The van der Waals surface area contributed by atoms with Crippen LogP contribution in [-0.4, -0.2) is 31.0 Å². The largest absolute Gasteiger partial charge is 0.464 e. The smallest absolute Gasteiger partial charge is 0.328 e. The maximum Gasteiger partial charge on any atom is 0.328 e. The van der Waals surface area contributed by atoms with E-state index in [1.54, 1.807) is 0 Å². The Balaban J connectivity index is 1.93. The average molecular weight is 321 g/mol. The summed E-state index contributed by atoms with van der Waals surface area (Å²) in [7, 11) is 2.01. The van der Waals surface area contributed by atoms with Gasteiger partial charge >= 0.3 is 5.97 Å². The number of hydrogen-bond donors (Lipinski definition) is 1. The van der Waals surface area contributed by atoms with Gasteiger partial charge in [-0.2, -0.15) is 0 Å². The molecule has 0 bridgehead atoms. The normalized spacial score (nSPS) is 24.0. The van der Waals surface area contributed by atoms with Crippen molar-refractivity contribution in [2.24, 2.45) is 0 Å². The van der Waals surface area contributed by atoms with Gasteiger partial charge in [0.25, 0.3) is 0 Å². The van der Waals surface area contributed by atoms with E-state index in [1.165, 1.54) is 5.56 Å². The lowest BCUT2D eigenvalue weighted by Gasteiger charge is -2.34. The number of anilines is 1. The molecule has 3 rings (SSSR count). The molecule has 1 N–H and O–H groups in total. The van der Waals surface area contributed by atoms with Crippen molar-refractivity contribution < 1.29 is 9.53 Å². The molecule has 2 unspecified atom stereocenters. The summed E-state index contributed by atoms with van der Waals surface area (Å²) in [6.07, 6.45) is 2.28. The lowest BCUT2D eigenvalue weighted by Crippen LogP contribution is -2.43. The van der Waals surface area contributed by atoms with Crippen LogP contribution in [-0.2, 0) is 16.0 Å². The Hall–Kier alpha value is -1.68. The maximum absolute atomic E-state index is 12.1. The summed E-state index contributed by atoms with van der Waals surface area (Å²) < 4.78 is 5.17. The third-order valence-corrected chi connectivity index (χ3v) is 4.82. The number of alkyl halides is 1. The van der Waals surface area contributed by atoms with E-state index < -0.39 is 0 Å². The van der Waals surface area contributed by atoms with Crippen molar-refractivity contribution in [3.8, 4) is 0 Å². The number of ether oxygens (including phenoxy) is 1. The Kier molecular flexibility index (Phi) is 4.30. The highest BCUT2D eigenvalue weighted by molar-refractivity contribution is 6.22. The van der Waals surface area contributed by atoms with E-state index in [4.69, 9.17) is 16.3 Å². The van der Waals surface area contributed by atoms with E-state index >= 15 is 0 Å². The third kappa shape index (κ3) is 2.68. The second-order valence-corrected chi connectivity index (χ2v) is 6.26. The molecule has 1 aromatic rings. The van der Waals surface area contributed by atoms with Gasteiger partial charge in [-0.1, -0.05) is 18.2 Å². The molecule has 0 aliphatic carbocycles. The van der Waals surface area contributed by atoms with E-state index in [9.17, 15) is 4.79 Å². The number of esters is 1. The SMILES string of the molecule is CCOC(=O)C1CCC(Cl)C2=C(N1)N(C)c1ccccc1C2. The molecular formula is C17H21ClN2O2. The Labute approximate surface area is 136 Å². The summed E-state index contributed by atoms with van der Waals surface area (Å²) in [6, 6.07) is 7.97. The predicted molar refractivity (Wildman–Crippen MR) is 88.0 cm³/mol. The number of hydrogen-bond acceptors (Lipinski definition) is 4.